The van der Waals surface area contributed by atoms with Crippen LogP contribution in [-0.4, -0.2) is 42.4 Å². The molecule has 0 spiro atoms. The van der Waals surface area contributed by atoms with Gasteiger partial charge in [-0.1, -0.05) is 36.8 Å². The first-order chi connectivity index (χ1) is 14.7. The van der Waals surface area contributed by atoms with Gasteiger partial charge in [-0.3, -0.25) is 9.48 Å². The van der Waals surface area contributed by atoms with Crippen LogP contribution in [0.25, 0.3) is 10.9 Å². The SMILES string of the molecule is CNc1nn(Cc2cccc(CNC(=O)[C@@H]3CCCCN3)c2)c2cccc(OC)c12. The molecule has 3 aromatic rings. The fraction of sp³-hybridized carbons (Fsp3) is 0.391. The van der Waals surface area contributed by atoms with E-state index in [1.165, 1.54) is 0 Å². The van der Waals surface area contributed by atoms with Crippen LogP contribution < -0.4 is 20.7 Å². The van der Waals surface area contributed by atoms with Gasteiger partial charge in [0.15, 0.2) is 5.82 Å². The summed E-state index contributed by atoms with van der Waals surface area (Å²) < 4.78 is 7.50. The molecule has 0 unspecified atom stereocenters. The third kappa shape index (κ3) is 4.26. The molecule has 0 aliphatic carbocycles. The summed E-state index contributed by atoms with van der Waals surface area (Å²) >= 11 is 0. The summed E-state index contributed by atoms with van der Waals surface area (Å²) in [6.07, 6.45) is 3.17. The largest absolute Gasteiger partial charge is 0.496 e. The van der Waals surface area contributed by atoms with Gasteiger partial charge in [0.2, 0.25) is 5.91 Å². The lowest BCUT2D eigenvalue weighted by Crippen LogP contribution is -2.46. The zero-order valence-corrected chi connectivity index (χ0v) is 17.6. The van der Waals surface area contributed by atoms with Gasteiger partial charge in [-0.25, -0.2) is 0 Å². The monoisotopic (exact) mass is 407 g/mol. The van der Waals surface area contributed by atoms with E-state index >= 15 is 0 Å². The lowest BCUT2D eigenvalue weighted by molar-refractivity contribution is -0.123. The number of benzene rings is 2. The van der Waals surface area contributed by atoms with Crippen molar-refractivity contribution in [2.45, 2.75) is 38.4 Å². The Hall–Kier alpha value is -3.06. The number of nitrogens with zero attached hydrogens (tertiary/aromatic N) is 2. The van der Waals surface area contributed by atoms with Crippen molar-refractivity contribution in [3.05, 3.63) is 53.6 Å². The molecule has 7 nitrogen and oxygen atoms in total. The number of rotatable bonds is 7. The highest BCUT2D eigenvalue weighted by atomic mass is 16.5. The van der Waals surface area contributed by atoms with E-state index in [0.717, 1.165) is 59.4 Å². The summed E-state index contributed by atoms with van der Waals surface area (Å²) in [5, 5.41) is 15.2. The number of fused-ring (bicyclic) bond motifs is 1. The maximum Gasteiger partial charge on any atom is 0.237 e. The fourth-order valence-corrected chi connectivity index (χ4v) is 4.06. The molecular formula is C23H29N5O2. The molecule has 0 saturated carbocycles. The van der Waals surface area contributed by atoms with Gasteiger partial charge in [0.25, 0.3) is 0 Å². The topological polar surface area (TPSA) is 80.2 Å². The minimum atomic E-state index is -0.0627. The number of methoxy groups -OCH3 is 1. The van der Waals surface area contributed by atoms with E-state index in [1.54, 1.807) is 7.11 Å². The number of hydrogen-bond donors (Lipinski definition) is 3. The van der Waals surface area contributed by atoms with E-state index in [1.807, 2.05) is 42.1 Å². The molecule has 0 radical (unpaired) electrons. The number of hydrogen-bond acceptors (Lipinski definition) is 5. The van der Waals surface area contributed by atoms with E-state index in [4.69, 9.17) is 9.84 Å². The van der Waals surface area contributed by atoms with Gasteiger partial charge in [-0.15, -0.1) is 0 Å². The molecule has 2 aromatic carbocycles. The summed E-state index contributed by atoms with van der Waals surface area (Å²) in [7, 11) is 3.54. The first-order valence-electron chi connectivity index (χ1n) is 10.5. The lowest BCUT2D eigenvalue weighted by Gasteiger charge is -2.22. The average molecular weight is 408 g/mol. The molecule has 1 fully saturated rings. The van der Waals surface area contributed by atoms with Gasteiger partial charge in [0.05, 0.1) is 30.6 Å². The quantitative estimate of drug-likeness (QED) is 0.561. The number of amides is 1. The van der Waals surface area contributed by atoms with Crippen LogP contribution in [0.4, 0.5) is 5.82 Å². The van der Waals surface area contributed by atoms with Crippen molar-refractivity contribution < 1.29 is 9.53 Å². The second-order valence-corrected chi connectivity index (χ2v) is 7.65. The first kappa shape index (κ1) is 20.2. The molecule has 1 atom stereocenters. The zero-order valence-electron chi connectivity index (χ0n) is 17.6. The number of carbonyl (C=O) groups is 1. The van der Waals surface area contributed by atoms with Gasteiger partial charge in [0, 0.05) is 13.6 Å². The van der Waals surface area contributed by atoms with Gasteiger partial charge < -0.3 is 20.7 Å². The predicted octanol–water partition coefficient (Wildman–Crippen LogP) is 2.89. The molecule has 158 valence electrons. The molecule has 1 amide bonds. The highest BCUT2D eigenvalue weighted by Gasteiger charge is 2.20. The summed E-state index contributed by atoms with van der Waals surface area (Å²) in [6.45, 7) is 2.09. The highest BCUT2D eigenvalue weighted by Crippen LogP contribution is 2.32. The fourth-order valence-electron chi connectivity index (χ4n) is 4.06. The third-order valence-electron chi connectivity index (χ3n) is 5.61. The molecule has 0 bridgehead atoms. The van der Waals surface area contributed by atoms with E-state index in [2.05, 4.69) is 28.1 Å². The Labute approximate surface area is 176 Å². The molecular weight excluding hydrogens is 378 g/mol. The second-order valence-electron chi connectivity index (χ2n) is 7.65. The third-order valence-corrected chi connectivity index (χ3v) is 5.61. The molecule has 30 heavy (non-hydrogen) atoms. The van der Waals surface area contributed by atoms with Crippen molar-refractivity contribution in [2.75, 3.05) is 26.0 Å². The van der Waals surface area contributed by atoms with Gasteiger partial charge in [0.1, 0.15) is 5.75 Å². The Morgan fingerprint density at radius 2 is 2.07 bits per heavy atom. The summed E-state index contributed by atoms with van der Waals surface area (Å²) in [6, 6.07) is 14.2. The van der Waals surface area contributed by atoms with Crippen LogP contribution in [0.1, 0.15) is 30.4 Å². The van der Waals surface area contributed by atoms with Crippen LogP contribution in [0.15, 0.2) is 42.5 Å². The van der Waals surface area contributed by atoms with E-state index in [0.29, 0.717) is 13.1 Å². The predicted molar refractivity (Wildman–Crippen MR) is 119 cm³/mol. The summed E-state index contributed by atoms with van der Waals surface area (Å²) in [4.78, 5) is 12.4. The zero-order chi connectivity index (χ0) is 20.9. The summed E-state index contributed by atoms with van der Waals surface area (Å²) in [5.74, 6) is 1.69. The van der Waals surface area contributed by atoms with Crippen LogP contribution in [0.3, 0.4) is 0 Å². The van der Waals surface area contributed by atoms with Gasteiger partial charge >= 0.3 is 0 Å². The minimum absolute atomic E-state index is 0.0627. The standard InChI is InChI=1S/C23H29N5O2/c1-24-22-21-19(10-6-11-20(21)30-2)28(27-22)15-17-8-5-7-16(13-17)14-26-23(29)18-9-3-4-12-25-18/h5-8,10-11,13,18,25H,3-4,9,12,14-15H2,1-2H3,(H,24,27)(H,26,29)/t18-/m0/s1. The van der Waals surface area contributed by atoms with Crippen LogP contribution in [-0.2, 0) is 17.9 Å². The number of piperidine rings is 1. The Bertz CT molecular complexity index is 1020. The number of nitrogens with one attached hydrogen (secondary N) is 3. The van der Waals surface area contributed by atoms with Crippen molar-refractivity contribution in [1.29, 1.82) is 0 Å². The van der Waals surface area contributed by atoms with Crippen LogP contribution in [0.5, 0.6) is 5.75 Å². The van der Waals surface area contributed by atoms with Gasteiger partial charge in [-0.05, 0) is 42.6 Å². The van der Waals surface area contributed by atoms with Crippen LogP contribution in [0.2, 0.25) is 0 Å². The Morgan fingerprint density at radius 1 is 1.23 bits per heavy atom. The van der Waals surface area contributed by atoms with Crippen molar-refractivity contribution in [2.24, 2.45) is 0 Å². The number of carbonyl (C=O) groups excluding carboxylic acids is 1. The molecule has 3 N–H and O–H groups in total. The Balaban J connectivity index is 1.49. The molecule has 4 rings (SSSR count). The number of aromatic nitrogens is 2. The van der Waals surface area contributed by atoms with Crippen molar-refractivity contribution in [3.63, 3.8) is 0 Å². The van der Waals surface area contributed by atoms with E-state index in [-0.39, 0.29) is 11.9 Å². The van der Waals surface area contributed by atoms with Crippen molar-refractivity contribution >= 4 is 22.6 Å². The molecule has 1 aliphatic heterocycles. The smallest absolute Gasteiger partial charge is 0.237 e. The van der Waals surface area contributed by atoms with Crippen molar-refractivity contribution in [3.8, 4) is 5.75 Å². The maximum atomic E-state index is 12.4. The van der Waals surface area contributed by atoms with Gasteiger partial charge in [-0.2, -0.15) is 5.10 Å². The summed E-state index contributed by atoms with van der Waals surface area (Å²) in [5.41, 5.74) is 3.23. The van der Waals surface area contributed by atoms with Crippen molar-refractivity contribution in [1.82, 2.24) is 20.4 Å². The van der Waals surface area contributed by atoms with E-state index in [9.17, 15) is 4.79 Å². The molecule has 1 aromatic heterocycles. The molecule has 7 heteroatoms. The Kier molecular flexibility index (Phi) is 6.18. The number of ether oxygens (including phenoxy) is 1. The normalized spacial score (nSPS) is 16.4. The molecule has 2 heterocycles. The molecule has 1 aliphatic rings. The number of anilines is 1. The lowest BCUT2D eigenvalue weighted by atomic mass is 10.0. The van der Waals surface area contributed by atoms with E-state index < -0.39 is 0 Å². The minimum Gasteiger partial charge on any atom is -0.496 e. The first-order valence-corrected chi connectivity index (χ1v) is 10.5. The Morgan fingerprint density at radius 3 is 2.83 bits per heavy atom. The van der Waals surface area contributed by atoms with Crippen LogP contribution >= 0.6 is 0 Å². The van der Waals surface area contributed by atoms with Crippen LogP contribution in [0, 0.1) is 0 Å². The molecule has 1 saturated heterocycles. The second kappa shape index (κ2) is 9.17. The highest BCUT2D eigenvalue weighted by molar-refractivity contribution is 5.95. The maximum absolute atomic E-state index is 12.4. The average Bonchev–Trinajstić information content (AvgIpc) is 3.16.